The molecule has 3 heterocycles. The van der Waals surface area contributed by atoms with Gasteiger partial charge in [-0.2, -0.15) is 0 Å². The number of carbonyl (C=O) groups excluding carboxylic acids is 2. The average molecular weight is 521 g/mol. The molecule has 1 aromatic carbocycles. The van der Waals surface area contributed by atoms with Crippen LogP contribution in [0.5, 0.6) is 5.75 Å². The van der Waals surface area contributed by atoms with Crippen LogP contribution < -0.4 is 26.0 Å². The Morgan fingerprint density at radius 3 is 2.87 bits per heavy atom. The number of anilines is 1. The second-order valence-electron chi connectivity index (χ2n) is 9.40. The first-order chi connectivity index (χ1) is 18.4. The van der Waals surface area contributed by atoms with Gasteiger partial charge >= 0.3 is 0 Å². The molecule has 9 nitrogen and oxygen atoms in total. The number of benzene rings is 1. The third kappa shape index (κ3) is 8.71. The third-order valence-corrected chi connectivity index (χ3v) is 6.61. The first kappa shape index (κ1) is 28.9. The van der Waals surface area contributed by atoms with E-state index < -0.39 is 0 Å². The van der Waals surface area contributed by atoms with Crippen molar-refractivity contribution >= 4 is 17.5 Å². The van der Waals surface area contributed by atoms with Crippen LogP contribution in [0.3, 0.4) is 0 Å². The molecule has 2 atom stereocenters. The molecule has 2 aliphatic heterocycles. The average Bonchev–Trinajstić information content (AvgIpc) is 3.39. The highest BCUT2D eigenvalue weighted by atomic mass is 16.5. The summed E-state index contributed by atoms with van der Waals surface area (Å²) in [5.74, 6) is 0.457. The maximum absolute atomic E-state index is 11.8. The van der Waals surface area contributed by atoms with Crippen molar-refractivity contribution in [2.75, 3.05) is 32.7 Å². The predicted octanol–water partition coefficient (Wildman–Crippen LogP) is 2.97. The maximum Gasteiger partial charge on any atom is 0.243 e. The molecule has 4 rings (SSSR count). The molecule has 0 spiro atoms. The summed E-state index contributed by atoms with van der Waals surface area (Å²) in [6.07, 6.45) is 7.69. The molecule has 0 aliphatic carbocycles. The van der Waals surface area contributed by atoms with Gasteiger partial charge in [-0.1, -0.05) is 24.8 Å². The summed E-state index contributed by atoms with van der Waals surface area (Å²) in [7, 11) is 3.80. The van der Waals surface area contributed by atoms with Gasteiger partial charge in [0.15, 0.2) is 6.73 Å². The highest BCUT2D eigenvalue weighted by Crippen LogP contribution is 2.30. The van der Waals surface area contributed by atoms with Gasteiger partial charge < -0.3 is 20.7 Å². The maximum atomic E-state index is 11.8. The lowest BCUT2D eigenvalue weighted by atomic mass is 10.0. The minimum atomic E-state index is -0.250. The Morgan fingerprint density at radius 2 is 2.16 bits per heavy atom. The molecule has 2 aliphatic rings. The standard InChI is InChI=1S/C15H23N3.C14H17N3O3/c1-4-5-9-15(13(2)16-3)18-12-10-14-8-6-7-11-17-14;1-17(11-4-5-13(18)16-14(11)19)7-9-2-3-10-12(6-9)20-8-15-10/h4,6-8,11,15-16,18H,1-2,5,9-10,12H2,3H3;2-3,6,11,15H,4-5,7-8H2,1H3,(H,16,18,19). The number of amides is 2. The summed E-state index contributed by atoms with van der Waals surface area (Å²) >= 11 is 0. The zero-order valence-electron chi connectivity index (χ0n) is 22.5. The van der Waals surface area contributed by atoms with Gasteiger partial charge in [0.2, 0.25) is 11.8 Å². The van der Waals surface area contributed by atoms with Gasteiger partial charge in [-0.05, 0) is 56.1 Å². The van der Waals surface area contributed by atoms with Crippen LogP contribution in [0, 0.1) is 0 Å². The van der Waals surface area contributed by atoms with E-state index in [1.165, 1.54) is 0 Å². The minimum absolute atomic E-state index is 0.184. The van der Waals surface area contributed by atoms with E-state index in [1.54, 1.807) is 0 Å². The van der Waals surface area contributed by atoms with Gasteiger partial charge in [0.1, 0.15) is 5.75 Å². The van der Waals surface area contributed by atoms with E-state index in [0.29, 0.717) is 26.1 Å². The molecule has 1 saturated heterocycles. The van der Waals surface area contributed by atoms with E-state index in [-0.39, 0.29) is 23.9 Å². The van der Waals surface area contributed by atoms with Gasteiger partial charge in [0.25, 0.3) is 0 Å². The lowest BCUT2D eigenvalue weighted by molar-refractivity contribution is -0.137. The molecule has 204 valence electrons. The van der Waals surface area contributed by atoms with Gasteiger partial charge in [-0.25, -0.2) is 0 Å². The van der Waals surface area contributed by atoms with Gasteiger partial charge in [0, 0.05) is 56.6 Å². The van der Waals surface area contributed by atoms with Gasteiger partial charge in [-0.3, -0.25) is 24.8 Å². The molecule has 2 aromatic rings. The molecular formula is C29H40N6O3. The Balaban J connectivity index is 0.000000212. The fourth-order valence-electron chi connectivity index (χ4n) is 4.40. The Bertz CT molecular complexity index is 1090. The van der Waals surface area contributed by atoms with Crippen molar-refractivity contribution < 1.29 is 14.3 Å². The minimum Gasteiger partial charge on any atom is -0.471 e. The van der Waals surface area contributed by atoms with Crippen molar-refractivity contribution in [3.05, 3.63) is 78.8 Å². The third-order valence-electron chi connectivity index (χ3n) is 6.61. The van der Waals surface area contributed by atoms with Crippen molar-refractivity contribution in [3.8, 4) is 5.75 Å². The van der Waals surface area contributed by atoms with Gasteiger partial charge in [0.05, 0.1) is 11.7 Å². The molecular weight excluding hydrogens is 480 g/mol. The van der Waals surface area contributed by atoms with E-state index in [4.69, 9.17) is 4.74 Å². The van der Waals surface area contributed by atoms with E-state index in [9.17, 15) is 9.59 Å². The Labute approximate surface area is 225 Å². The normalized spacial score (nSPS) is 16.8. The number of imide groups is 1. The van der Waals surface area contributed by atoms with Crippen LogP contribution in [0.25, 0.3) is 0 Å². The molecule has 0 radical (unpaired) electrons. The lowest BCUT2D eigenvalue weighted by Gasteiger charge is -2.29. The summed E-state index contributed by atoms with van der Waals surface area (Å²) in [6.45, 7) is 9.83. The van der Waals surface area contributed by atoms with Crippen molar-refractivity contribution in [2.45, 2.75) is 50.7 Å². The Morgan fingerprint density at radius 1 is 1.32 bits per heavy atom. The largest absolute Gasteiger partial charge is 0.471 e. The number of likely N-dealkylation sites (N-methyl/N-ethyl adjacent to an activating group) is 2. The number of hydrogen-bond donors (Lipinski definition) is 4. The van der Waals surface area contributed by atoms with Crippen molar-refractivity contribution in [2.24, 2.45) is 0 Å². The molecule has 2 amide bonds. The van der Waals surface area contributed by atoms with E-state index in [1.807, 2.05) is 67.7 Å². The molecule has 0 bridgehead atoms. The number of carbonyl (C=O) groups is 2. The van der Waals surface area contributed by atoms with E-state index in [0.717, 1.165) is 54.2 Å². The molecule has 1 fully saturated rings. The van der Waals surface area contributed by atoms with Crippen molar-refractivity contribution in [1.29, 1.82) is 0 Å². The van der Waals surface area contributed by atoms with Crippen LogP contribution in [0.15, 0.2) is 67.5 Å². The van der Waals surface area contributed by atoms with Crippen LogP contribution in [0.2, 0.25) is 0 Å². The number of fused-ring (bicyclic) bond motifs is 1. The first-order valence-electron chi connectivity index (χ1n) is 13.1. The highest BCUT2D eigenvalue weighted by molar-refractivity contribution is 6.00. The monoisotopic (exact) mass is 520 g/mol. The second kappa shape index (κ2) is 14.9. The number of nitrogens with one attached hydrogen (secondary N) is 4. The van der Waals surface area contributed by atoms with Crippen LogP contribution in [0.4, 0.5) is 5.69 Å². The zero-order valence-corrected chi connectivity index (χ0v) is 22.5. The fraction of sp³-hybridized carbons (Fsp3) is 0.414. The quantitative estimate of drug-likeness (QED) is 0.250. The number of hydrogen-bond acceptors (Lipinski definition) is 8. The molecule has 0 saturated carbocycles. The van der Waals surface area contributed by atoms with Gasteiger partial charge in [-0.15, -0.1) is 6.58 Å². The number of nitrogens with zero attached hydrogens (tertiary/aromatic N) is 2. The molecule has 9 heteroatoms. The number of pyridine rings is 1. The predicted molar refractivity (Wildman–Crippen MR) is 151 cm³/mol. The smallest absolute Gasteiger partial charge is 0.243 e. The van der Waals surface area contributed by atoms with Crippen LogP contribution in [-0.4, -0.2) is 61.2 Å². The number of piperidine rings is 1. The highest BCUT2D eigenvalue weighted by Gasteiger charge is 2.29. The number of rotatable bonds is 12. The number of aromatic nitrogens is 1. The first-order valence-corrected chi connectivity index (χ1v) is 13.1. The Kier molecular flexibility index (Phi) is 11.3. The van der Waals surface area contributed by atoms with E-state index >= 15 is 0 Å². The molecule has 38 heavy (non-hydrogen) atoms. The zero-order chi connectivity index (χ0) is 27.3. The summed E-state index contributed by atoms with van der Waals surface area (Å²) in [4.78, 5) is 29.2. The molecule has 1 aromatic heterocycles. The molecule has 4 N–H and O–H groups in total. The summed E-state index contributed by atoms with van der Waals surface area (Å²) in [6, 6.07) is 12.0. The Hall–Kier alpha value is -3.69. The number of ether oxygens (including phenoxy) is 1. The lowest BCUT2D eigenvalue weighted by Crippen LogP contribution is -2.50. The van der Waals surface area contributed by atoms with Crippen molar-refractivity contribution in [3.63, 3.8) is 0 Å². The fourth-order valence-corrected chi connectivity index (χ4v) is 4.40. The van der Waals surface area contributed by atoms with Crippen LogP contribution in [0.1, 0.15) is 36.9 Å². The summed E-state index contributed by atoms with van der Waals surface area (Å²) in [5.41, 5.74) is 4.22. The van der Waals surface area contributed by atoms with Crippen molar-refractivity contribution in [1.82, 2.24) is 25.8 Å². The SMILES string of the molecule is C=CCCC(NCCc1ccccn1)C(=C)NC.CN(Cc1ccc2c(c1)OCN2)C1CCC(=O)NC1=O. The second-order valence-corrected chi connectivity index (χ2v) is 9.40. The molecule has 2 unspecified atom stereocenters. The van der Waals surface area contributed by atoms with Crippen LogP contribution in [-0.2, 0) is 22.6 Å². The summed E-state index contributed by atoms with van der Waals surface area (Å²) < 4.78 is 5.45. The number of allylic oxidation sites excluding steroid dienone is 1. The van der Waals surface area contributed by atoms with Crippen LogP contribution >= 0.6 is 0 Å². The summed E-state index contributed by atoms with van der Waals surface area (Å²) in [5, 5.41) is 12.1. The van der Waals surface area contributed by atoms with E-state index in [2.05, 4.69) is 39.4 Å². The topological polar surface area (TPSA) is 108 Å².